The van der Waals surface area contributed by atoms with Crippen LogP contribution in [0.3, 0.4) is 0 Å². The molecule has 0 amide bonds. The molecule has 0 saturated carbocycles. The average molecular weight is 269 g/mol. The number of nitrogens with zero attached hydrogens (tertiary/aromatic N) is 1. The minimum atomic E-state index is -4.52. The smallest absolute Gasteiger partial charge is 0.282 e. The number of rotatable bonds is 2. The third-order valence-corrected chi connectivity index (χ3v) is 2.24. The SMILES string of the molecule is O=[N+]([O-])c1ccccc1S(=O)(=O)O.[Zn]. The normalized spacial score (nSPS) is 10.4. The van der Waals surface area contributed by atoms with E-state index in [4.69, 9.17) is 4.55 Å². The van der Waals surface area contributed by atoms with Gasteiger partial charge in [0.1, 0.15) is 0 Å². The molecule has 0 heterocycles. The van der Waals surface area contributed by atoms with Gasteiger partial charge in [0.05, 0.1) is 4.92 Å². The van der Waals surface area contributed by atoms with Crippen LogP contribution in [0.1, 0.15) is 0 Å². The molecule has 0 fully saturated rings. The molecule has 0 atom stereocenters. The van der Waals surface area contributed by atoms with Gasteiger partial charge in [-0.1, -0.05) is 12.1 Å². The molecule has 8 heteroatoms. The molecular weight excluding hydrogens is 264 g/mol. The second-order valence-corrected chi connectivity index (χ2v) is 3.59. The van der Waals surface area contributed by atoms with E-state index in [1.54, 1.807) is 0 Å². The second-order valence-electron chi connectivity index (χ2n) is 2.20. The molecule has 0 aromatic heterocycles. The Morgan fingerprint density at radius 2 is 1.79 bits per heavy atom. The Kier molecular flexibility index (Phi) is 4.31. The summed E-state index contributed by atoms with van der Waals surface area (Å²) in [5.41, 5.74) is -0.634. The van der Waals surface area contributed by atoms with Crippen molar-refractivity contribution in [1.29, 1.82) is 0 Å². The van der Waals surface area contributed by atoms with Gasteiger partial charge in [0.25, 0.3) is 5.69 Å². The van der Waals surface area contributed by atoms with Gasteiger partial charge < -0.3 is 0 Å². The molecule has 0 aliphatic heterocycles. The summed E-state index contributed by atoms with van der Waals surface area (Å²) >= 11 is 0. The van der Waals surface area contributed by atoms with E-state index in [-0.39, 0.29) is 19.5 Å². The van der Waals surface area contributed by atoms with E-state index in [0.29, 0.717) is 0 Å². The molecule has 1 aromatic carbocycles. The molecule has 0 aliphatic carbocycles. The summed E-state index contributed by atoms with van der Waals surface area (Å²) in [7, 11) is -4.52. The first kappa shape index (κ1) is 13.2. The second kappa shape index (κ2) is 4.59. The molecular formula is C6H5NO5SZn. The summed E-state index contributed by atoms with van der Waals surface area (Å²) < 4.78 is 29.8. The Labute approximate surface area is 92.6 Å². The van der Waals surface area contributed by atoms with Gasteiger partial charge in [-0.3, -0.25) is 14.7 Å². The van der Waals surface area contributed by atoms with E-state index in [0.717, 1.165) is 12.1 Å². The van der Waals surface area contributed by atoms with Crippen LogP contribution in [0.2, 0.25) is 0 Å². The van der Waals surface area contributed by atoms with Crippen LogP contribution in [-0.4, -0.2) is 17.9 Å². The van der Waals surface area contributed by atoms with E-state index in [1.165, 1.54) is 12.1 Å². The largest absolute Gasteiger partial charge is 0.301 e. The van der Waals surface area contributed by atoms with Crippen LogP contribution < -0.4 is 0 Å². The molecule has 0 radical (unpaired) electrons. The fourth-order valence-electron chi connectivity index (χ4n) is 0.826. The third kappa shape index (κ3) is 2.83. The van der Waals surface area contributed by atoms with Crippen LogP contribution in [0.5, 0.6) is 0 Å². The standard InChI is InChI=1S/C6H5NO5S.Zn/c8-7(9)5-3-1-2-4-6(5)13(10,11)12;/h1-4H,(H,10,11,12);. The van der Waals surface area contributed by atoms with E-state index in [2.05, 4.69) is 0 Å². The van der Waals surface area contributed by atoms with Crippen molar-refractivity contribution in [3.8, 4) is 0 Å². The van der Waals surface area contributed by atoms with Crippen molar-refractivity contribution in [2.24, 2.45) is 0 Å². The number of para-hydroxylation sites is 1. The molecule has 0 saturated heterocycles. The predicted molar refractivity (Wildman–Crippen MR) is 42.9 cm³/mol. The van der Waals surface area contributed by atoms with Crippen molar-refractivity contribution in [2.45, 2.75) is 4.90 Å². The maximum Gasteiger partial charge on any atom is 0.301 e. The number of benzene rings is 1. The van der Waals surface area contributed by atoms with Crippen molar-refractivity contribution in [3.63, 3.8) is 0 Å². The van der Waals surface area contributed by atoms with Crippen molar-refractivity contribution in [2.75, 3.05) is 0 Å². The predicted octanol–water partition coefficient (Wildman–Crippen LogP) is 0.839. The quantitative estimate of drug-likeness (QED) is 0.371. The fraction of sp³-hybridized carbons (Fsp3) is 0. The Morgan fingerprint density at radius 3 is 2.14 bits per heavy atom. The van der Waals surface area contributed by atoms with E-state index in [1.807, 2.05) is 0 Å². The Balaban J connectivity index is 0.00000169. The molecule has 72 valence electrons. The first-order valence-corrected chi connectivity index (χ1v) is 4.58. The van der Waals surface area contributed by atoms with Crippen LogP contribution in [0.25, 0.3) is 0 Å². The molecule has 1 rings (SSSR count). The van der Waals surface area contributed by atoms with Gasteiger partial charge in [-0.05, 0) is 6.07 Å². The van der Waals surface area contributed by atoms with Crippen LogP contribution in [0.15, 0.2) is 29.2 Å². The molecule has 6 nitrogen and oxygen atoms in total. The first-order chi connectivity index (χ1) is 5.93. The number of hydrogen-bond donors (Lipinski definition) is 1. The topological polar surface area (TPSA) is 97.5 Å². The summed E-state index contributed by atoms with van der Waals surface area (Å²) in [5.74, 6) is 0. The third-order valence-electron chi connectivity index (χ3n) is 1.34. The monoisotopic (exact) mass is 267 g/mol. The Hall–Kier alpha value is -0.847. The molecule has 0 aliphatic rings. The Bertz CT molecular complexity index is 443. The first-order valence-electron chi connectivity index (χ1n) is 3.14. The molecule has 0 spiro atoms. The maximum absolute atomic E-state index is 10.6. The van der Waals surface area contributed by atoms with Crippen molar-refractivity contribution >= 4 is 15.8 Å². The zero-order valence-corrected chi connectivity index (χ0v) is 10.7. The summed E-state index contributed by atoms with van der Waals surface area (Å²) in [6.45, 7) is 0. The van der Waals surface area contributed by atoms with E-state index < -0.39 is 25.6 Å². The van der Waals surface area contributed by atoms with Crippen molar-refractivity contribution in [1.82, 2.24) is 0 Å². The summed E-state index contributed by atoms with van der Waals surface area (Å²) in [4.78, 5) is 8.73. The minimum Gasteiger partial charge on any atom is -0.282 e. The summed E-state index contributed by atoms with van der Waals surface area (Å²) in [6.07, 6.45) is 0. The Morgan fingerprint density at radius 1 is 1.29 bits per heavy atom. The van der Waals surface area contributed by atoms with Crippen LogP contribution >= 0.6 is 0 Å². The molecule has 1 N–H and O–H groups in total. The fourth-order valence-corrected chi connectivity index (χ4v) is 1.48. The number of nitro groups is 1. The van der Waals surface area contributed by atoms with Gasteiger partial charge in [0.15, 0.2) is 4.90 Å². The van der Waals surface area contributed by atoms with Crippen molar-refractivity contribution < 1.29 is 37.4 Å². The van der Waals surface area contributed by atoms with Crippen molar-refractivity contribution in [3.05, 3.63) is 34.4 Å². The van der Waals surface area contributed by atoms with Crippen LogP contribution in [0, 0.1) is 10.1 Å². The molecule has 1 aromatic rings. The average Bonchev–Trinajstić information content (AvgIpc) is 2.03. The molecule has 0 bridgehead atoms. The van der Waals surface area contributed by atoms with Gasteiger partial charge in [-0.15, -0.1) is 0 Å². The van der Waals surface area contributed by atoms with Crippen LogP contribution in [-0.2, 0) is 29.6 Å². The van der Waals surface area contributed by atoms with Gasteiger partial charge in [-0.2, -0.15) is 8.42 Å². The van der Waals surface area contributed by atoms with Gasteiger partial charge >= 0.3 is 10.1 Å². The zero-order chi connectivity index (χ0) is 10.1. The number of nitro benzene ring substituents is 1. The zero-order valence-electron chi connectivity index (χ0n) is 6.95. The van der Waals surface area contributed by atoms with E-state index >= 15 is 0 Å². The van der Waals surface area contributed by atoms with Gasteiger partial charge in [0.2, 0.25) is 0 Å². The van der Waals surface area contributed by atoms with Gasteiger partial charge in [-0.25, -0.2) is 0 Å². The molecule has 14 heavy (non-hydrogen) atoms. The summed E-state index contributed by atoms with van der Waals surface area (Å²) in [6, 6.07) is 4.57. The number of hydrogen-bond acceptors (Lipinski definition) is 4. The maximum atomic E-state index is 10.6. The molecule has 0 unspecified atom stereocenters. The van der Waals surface area contributed by atoms with Gasteiger partial charge in [0, 0.05) is 25.5 Å². The van der Waals surface area contributed by atoms with E-state index in [9.17, 15) is 18.5 Å². The summed E-state index contributed by atoms with van der Waals surface area (Å²) in [5, 5.41) is 10.3. The van der Waals surface area contributed by atoms with Crippen LogP contribution in [0.4, 0.5) is 5.69 Å². The minimum absolute atomic E-state index is 0.